The average molecular weight is 584 g/mol. The minimum atomic E-state index is -0.489. The van der Waals surface area contributed by atoms with Crippen LogP contribution in [-0.4, -0.2) is 61.4 Å². The Kier molecular flexibility index (Phi) is 7.14. The SMILES string of the molecule is CO[C@@H]1CCN(Cc2cc(C(=O)Nc3cc(-c4ccc(F)cc4-c4nncn4C)cc(C4CC4)n3)c(=O)n(C3CC3)c2)C1. The normalized spacial score (nSPS) is 18.7. The Balaban J connectivity index is 1.23. The second-order valence-electron chi connectivity index (χ2n) is 11.9. The predicted molar refractivity (Wildman–Crippen MR) is 159 cm³/mol. The highest BCUT2D eigenvalue weighted by molar-refractivity contribution is 6.04. The first kappa shape index (κ1) is 27.6. The Hall–Kier alpha value is -4.22. The van der Waals surface area contributed by atoms with E-state index in [4.69, 9.17) is 9.72 Å². The summed E-state index contributed by atoms with van der Waals surface area (Å²) in [6, 6.07) is 10.2. The Labute approximate surface area is 248 Å². The second-order valence-corrected chi connectivity index (χ2v) is 11.9. The van der Waals surface area contributed by atoms with Crippen LogP contribution in [0, 0.1) is 5.82 Å². The molecule has 3 aromatic heterocycles. The summed E-state index contributed by atoms with van der Waals surface area (Å²) >= 11 is 0. The maximum Gasteiger partial charge on any atom is 0.263 e. The molecule has 0 unspecified atom stereocenters. The number of aromatic nitrogens is 5. The molecule has 1 N–H and O–H groups in total. The summed E-state index contributed by atoms with van der Waals surface area (Å²) in [6.45, 7) is 2.37. The van der Waals surface area contributed by atoms with Crippen molar-refractivity contribution in [3.63, 3.8) is 0 Å². The fourth-order valence-electron chi connectivity index (χ4n) is 5.95. The number of hydrogen-bond acceptors (Lipinski definition) is 7. The van der Waals surface area contributed by atoms with Gasteiger partial charge in [-0.15, -0.1) is 10.2 Å². The number of likely N-dealkylation sites (tertiary alicyclic amines) is 1. The first-order valence-electron chi connectivity index (χ1n) is 14.8. The molecular weight excluding hydrogens is 549 g/mol. The van der Waals surface area contributed by atoms with Crippen LogP contribution in [0.15, 0.2) is 53.7 Å². The number of carbonyl (C=O) groups excluding carboxylic acids is 1. The fourth-order valence-corrected chi connectivity index (χ4v) is 5.95. The third-order valence-corrected chi connectivity index (χ3v) is 8.58. The largest absolute Gasteiger partial charge is 0.380 e. The van der Waals surface area contributed by atoms with Crippen LogP contribution in [0.3, 0.4) is 0 Å². The molecule has 0 spiro atoms. The molecule has 1 amide bonds. The van der Waals surface area contributed by atoms with E-state index >= 15 is 0 Å². The van der Waals surface area contributed by atoms with Crippen molar-refractivity contribution in [2.24, 2.45) is 7.05 Å². The van der Waals surface area contributed by atoms with E-state index in [1.165, 1.54) is 12.1 Å². The first-order chi connectivity index (χ1) is 20.9. The van der Waals surface area contributed by atoms with Crippen LogP contribution in [0.1, 0.15) is 65.7 Å². The quantitative estimate of drug-likeness (QED) is 0.309. The third-order valence-electron chi connectivity index (χ3n) is 8.58. The standard InChI is InChI=1S/C32H34FN7O3/c1-38-18-34-37-30(38)26-14-22(33)5-8-25(26)21-12-28(20-3-4-20)35-29(13-21)36-31(41)27-11-19(15-39-10-9-24(17-39)43-2)16-40(32(27)42)23-6-7-23/h5,8,11-14,16,18,20,23-24H,3-4,6-7,9-10,15,17H2,1-2H3,(H,35,36,41)/t24-/m1/s1. The number of anilines is 1. The highest BCUT2D eigenvalue weighted by Crippen LogP contribution is 2.42. The van der Waals surface area contributed by atoms with Crippen LogP contribution in [0.5, 0.6) is 0 Å². The van der Waals surface area contributed by atoms with Gasteiger partial charge < -0.3 is 19.2 Å². The number of halogens is 1. The van der Waals surface area contributed by atoms with E-state index in [1.54, 1.807) is 47.8 Å². The maximum atomic E-state index is 14.4. The number of carbonyl (C=O) groups is 1. The van der Waals surface area contributed by atoms with Crippen molar-refractivity contribution in [1.29, 1.82) is 0 Å². The fraction of sp³-hybridized carbons (Fsp3) is 0.406. The van der Waals surface area contributed by atoms with E-state index in [0.29, 0.717) is 29.7 Å². The van der Waals surface area contributed by atoms with Gasteiger partial charge >= 0.3 is 0 Å². The van der Waals surface area contributed by atoms with Crippen LogP contribution < -0.4 is 10.9 Å². The zero-order valence-corrected chi connectivity index (χ0v) is 24.3. The van der Waals surface area contributed by atoms with E-state index in [0.717, 1.165) is 67.6 Å². The molecule has 7 rings (SSSR count). The number of nitrogens with one attached hydrogen (secondary N) is 1. The summed E-state index contributed by atoms with van der Waals surface area (Å²) in [6.07, 6.45) is 8.52. The molecule has 0 radical (unpaired) electrons. The molecule has 3 fully saturated rings. The summed E-state index contributed by atoms with van der Waals surface area (Å²) in [5.74, 6) is 0.294. The predicted octanol–water partition coefficient (Wildman–Crippen LogP) is 4.53. The Morgan fingerprint density at radius 2 is 1.93 bits per heavy atom. The van der Waals surface area contributed by atoms with Crippen molar-refractivity contribution < 1.29 is 13.9 Å². The number of ether oxygens (including phenoxy) is 1. The molecular formula is C32H34FN7O3. The molecule has 1 saturated heterocycles. The van der Waals surface area contributed by atoms with E-state index < -0.39 is 5.91 Å². The van der Waals surface area contributed by atoms with Gasteiger partial charge in [0.2, 0.25) is 0 Å². The number of nitrogens with zero attached hydrogens (tertiary/aromatic N) is 6. The van der Waals surface area contributed by atoms with Gasteiger partial charge in [0, 0.05) is 63.2 Å². The molecule has 2 aliphatic carbocycles. The van der Waals surface area contributed by atoms with Crippen LogP contribution in [0.2, 0.25) is 0 Å². The van der Waals surface area contributed by atoms with Crippen molar-refractivity contribution >= 4 is 11.7 Å². The number of rotatable bonds is 9. The van der Waals surface area contributed by atoms with E-state index in [9.17, 15) is 14.0 Å². The Morgan fingerprint density at radius 1 is 1.09 bits per heavy atom. The average Bonchev–Trinajstić information content (AvgIpc) is 3.93. The van der Waals surface area contributed by atoms with E-state index in [1.807, 2.05) is 12.3 Å². The van der Waals surface area contributed by atoms with Crippen LogP contribution in [-0.2, 0) is 18.3 Å². The van der Waals surface area contributed by atoms with Gasteiger partial charge in [0.05, 0.1) is 6.10 Å². The highest BCUT2D eigenvalue weighted by atomic mass is 19.1. The smallest absolute Gasteiger partial charge is 0.263 e. The van der Waals surface area contributed by atoms with Crippen molar-refractivity contribution in [1.82, 2.24) is 29.2 Å². The van der Waals surface area contributed by atoms with Gasteiger partial charge in [-0.05, 0) is 79.1 Å². The zero-order valence-electron chi connectivity index (χ0n) is 24.3. The van der Waals surface area contributed by atoms with Crippen molar-refractivity contribution in [2.75, 3.05) is 25.5 Å². The minimum Gasteiger partial charge on any atom is -0.380 e. The number of amides is 1. The third kappa shape index (κ3) is 5.74. The van der Waals surface area contributed by atoms with Gasteiger partial charge in [-0.2, -0.15) is 0 Å². The lowest BCUT2D eigenvalue weighted by Crippen LogP contribution is -2.31. The van der Waals surface area contributed by atoms with Crippen molar-refractivity contribution in [3.8, 4) is 22.5 Å². The molecule has 1 aromatic carbocycles. The van der Waals surface area contributed by atoms with Crippen LogP contribution in [0.25, 0.3) is 22.5 Å². The molecule has 222 valence electrons. The number of hydrogen-bond donors (Lipinski definition) is 1. The topological polar surface area (TPSA) is 107 Å². The van der Waals surface area contributed by atoms with Crippen molar-refractivity contribution in [3.05, 3.63) is 81.9 Å². The minimum absolute atomic E-state index is 0.105. The molecule has 3 aliphatic rings. The lowest BCUT2D eigenvalue weighted by Gasteiger charge is -2.18. The van der Waals surface area contributed by atoms with Gasteiger partial charge in [-0.3, -0.25) is 14.5 Å². The maximum absolute atomic E-state index is 14.4. The molecule has 11 heteroatoms. The summed E-state index contributed by atoms with van der Waals surface area (Å²) < 4.78 is 23.4. The van der Waals surface area contributed by atoms with Crippen molar-refractivity contribution in [2.45, 2.75) is 56.7 Å². The lowest BCUT2D eigenvalue weighted by molar-refractivity contribution is 0.102. The molecule has 43 heavy (non-hydrogen) atoms. The Morgan fingerprint density at radius 3 is 2.63 bits per heavy atom. The molecule has 4 heterocycles. The number of benzene rings is 1. The number of methoxy groups -OCH3 is 1. The molecule has 4 aromatic rings. The molecule has 2 saturated carbocycles. The van der Waals surface area contributed by atoms with Gasteiger partial charge in [0.15, 0.2) is 5.82 Å². The molecule has 1 atom stereocenters. The number of aryl methyl sites for hydroxylation is 1. The van der Waals surface area contributed by atoms with E-state index in [-0.39, 0.29) is 29.1 Å². The summed E-state index contributed by atoms with van der Waals surface area (Å²) in [5.41, 5.74) is 3.70. The van der Waals surface area contributed by atoms with E-state index in [2.05, 4.69) is 20.4 Å². The zero-order chi connectivity index (χ0) is 29.7. The molecule has 0 bridgehead atoms. The first-order valence-corrected chi connectivity index (χ1v) is 14.8. The van der Waals surface area contributed by atoms with Crippen LogP contribution >= 0.6 is 0 Å². The summed E-state index contributed by atoms with van der Waals surface area (Å²) in [4.78, 5) is 34.3. The van der Waals surface area contributed by atoms with Gasteiger partial charge in [0.1, 0.15) is 23.5 Å². The van der Waals surface area contributed by atoms with Gasteiger partial charge in [-0.1, -0.05) is 6.07 Å². The molecule has 10 nitrogen and oxygen atoms in total. The highest BCUT2D eigenvalue weighted by Gasteiger charge is 2.30. The summed E-state index contributed by atoms with van der Waals surface area (Å²) in [7, 11) is 3.54. The number of pyridine rings is 2. The van der Waals surface area contributed by atoms with Crippen LogP contribution in [0.4, 0.5) is 10.2 Å². The second kappa shape index (κ2) is 11.1. The summed E-state index contributed by atoms with van der Waals surface area (Å²) in [5, 5.41) is 11.1. The Bertz CT molecular complexity index is 1760. The molecule has 1 aliphatic heterocycles. The van der Waals surface area contributed by atoms with Gasteiger partial charge in [-0.25, -0.2) is 9.37 Å². The van der Waals surface area contributed by atoms with Gasteiger partial charge in [0.25, 0.3) is 11.5 Å². The lowest BCUT2D eigenvalue weighted by atomic mass is 9.98. The monoisotopic (exact) mass is 583 g/mol.